The number of benzene rings is 2. The fraction of sp³-hybridized carbons (Fsp3) is 0.174. The van der Waals surface area contributed by atoms with Gasteiger partial charge in [0.2, 0.25) is 5.91 Å². The van der Waals surface area contributed by atoms with Crippen molar-refractivity contribution in [2.24, 2.45) is 5.10 Å². The molecule has 4 rings (SSSR count). The summed E-state index contributed by atoms with van der Waals surface area (Å²) in [6, 6.07) is 15.2. The Morgan fingerprint density at radius 2 is 1.76 bits per heavy atom. The van der Waals surface area contributed by atoms with Crippen LogP contribution in [0.5, 0.6) is 0 Å². The predicted octanol–water partition coefficient (Wildman–Crippen LogP) is 5.34. The second kappa shape index (κ2) is 9.19. The summed E-state index contributed by atoms with van der Waals surface area (Å²) in [4.78, 5) is 16.9. The van der Waals surface area contributed by atoms with E-state index < -0.39 is 17.6 Å². The number of anilines is 1. The maximum atomic E-state index is 13.4. The number of carbonyl (C=O) groups excluding carboxylic acids is 1. The third-order valence-electron chi connectivity index (χ3n) is 5.03. The van der Waals surface area contributed by atoms with E-state index in [-0.39, 0.29) is 24.0 Å². The van der Waals surface area contributed by atoms with Crippen LogP contribution in [0.1, 0.15) is 22.7 Å². The number of pyridine rings is 1. The molecule has 170 valence electrons. The maximum Gasteiger partial charge on any atom is 0.416 e. The number of nitrogens with zero attached hydrogens (tertiary/aromatic N) is 3. The van der Waals surface area contributed by atoms with Crippen molar-refractivity contribution in [3.63, 3.8) is 0 Å². The topological polar surface area (TPSA) is 57.6 Å². The molecule has 1 aliphatic heterocycles. The average Bonchev–Trinajstić information content (AvgIpc) is 3.17. The molecule has 1 atom stereocenters. The Labute approximate surface area is 191 Å². The Morgan fingerprint density at radius 1 is 1.06 bits per heavy atom. The summed E-state index contributed by atoms with van der Waals surface area (Å²) in [6.07, 6.45) is -4.45. The van der Waals surface area contributed by atoms with Gasteiger partial charge in [0.25, 0.3) is 0 Å². The molecule has 1 amide bonds. The van der Waals surface area contributed by atoms with Crippen LogP contribution >= 0.6 is 11.6 Å². The highest BCUT2D eigenvalue weighted by Crippen LogP contribution is 2.30. The summed E-state index contributed by atoms with van der Waals surface area (Å²) in [5, 5.41) is 8.95. The van der Waals surface area contributed by atoms with Gasteiger partial charge >= 0.3 is 6.18 Å². The Bertz CT molecular complexity index is 1180. The van der Waals surface area contributed by atoms with Crippen LogP contribution in [0, 0.1) is 5.82 Å². The van der Waals surface area contributed by atoms with Crippen LogP contribution in [-0.2, 0) is 11.0 Å². The second-order valence-corrected chi connectivity index (χ2v) is 7.79. The zero-order chi connectivity index (χ0) is 23.6. The first kappa shape index (κ1) is 22.7. The molecule has 3 aromatic rings. The molecular weight excluding hydrogens is 460 g/mol. The minimum absolute atomic E-state index is 0.136. The number of amides is 1. The van der Waals surface area contributed by atoms with Crippen molar-refractivity contribution in [1.29, 1.82) is 0 Å². The second-order valence-electron chi connectivity index (χ2n) is 7.40. The number of rotatable bonds is 5. The smallest absolute Gasteiger partial charge is 0.324 e. The fourth-order valence-electron chi connectivity index (χ4n) is 3.50. The van der Waals surface area contributed by atoms with Gasteiger partial charge in [-0.1, -0.05) is 29.8 Å². The van der Waals surface area contributed by atoms with Crippen LogP contribution in [0.4, 0.5) is 23.2 Å². The first-order valence-electron chi connectivity index (χ1n) is 9.88. The highest BCUT2D eigenvalue weighted by Gasteiger charge is 2.32. The van der Waals surface area contributed by atoms with Crippen molar-refractivity contribution < 1.29 is 22.4 Å². The molecule has 1 aromatic heterocycles. The standard InChI is InChI=1S/C23H17ClF4N4O/c24-20-3-1-2-19(30-20)18-12-32(31-22(18)14-4-8-16(25)9-5-14)13-21(33)29-17-10-6-15(7-11-17)23(26,27)28/h1-11,18H,12-13H2,(H,29,33). The largest absolute Gasteiger partial charge is 0.416 e. The molecule has 0 aliphatic carbocycles. The Balaban J connectivity index is 1.51. The van der Waals surface area contributed by atoms with Crippen molar-refractivity contribution >= 4 is 28.9 Å². The van der Waals surface area contributed by atoms with Gasteiger partial charge < -0.3 is 5.32 Å². The van der Waals surface area contributed by atoms with E-state index in [2.05, 4.69) is 15.4 Å². The van der Waals surface area contributed by atoms with E-state index in [1.807, 2.05) is 0 Å². The summed E-state index contributed by atoms with van der Waals surface area (Å²) in [7, 11) is 0. The molecule has 33 heavy (non-hydrogen) atoms. The van der Waals surface area contributed by atoms with Gasteiger partial charge in [0.15, 0.2) is 0 Å². The molecule has 0 radical (unpaired) electrons. The molecule has 10 heteroatoms. The number of halogens is 5. The molecule has 2 aromatic carbocycles. The van der Waals surface area contributed by atoms with Gasteiger partial charge in [-0.15, -0.1) is 0 Å². The number of alkyl halides is 3. The van der Waals surface area contributed by atoms with E-state index in [1.165, 1.54) is 29.3 Å². The average molecular weight is 477 g/mol. The molecule has 1 aliphatic rings. The first-order valence-corrected chi connectivity index (χ1v) is 10.3. The van der Waals surface area contributed by atoms with E-state index in [9.17, 15) is 22.4 Å². The van der Waals surface area contributed by atoms with Crippen LogP contribution in [0.2, 0.25) is 5.15 Å². The van der Waals surface area contributed by atoms with Gasteiger partial charge in [-0.05, 0) is 54.1 Å². The van der Waals surface area contributed by atoms with Crippen LogP contribution in [0.25, 0.3) is 0 Å². The van der Waals surface area contributed by atoms with Crippen molar-refractivity contribution in [3.05, 3.63) is 94.5 Å². The molecule has 5 nitrogen and oxygen atoms in total. The maximum absolute atomic E-state index is 13.4. The van der Waals surface area contributed by atoms with E-state index in [4.69, 9.17) is 11.6 Å². The van der Waals surface area contributed by atoms with Crippen molar-refractivity contribution in [2.75, 3.05) is 18.4 Å². The number of hydrazone groups is 1. The lowest BCUT2D eigenvalue weighted by atomic mass is 9.94. The lowest BCUT2D eigenvalue weighted by Crippen LogP contribution is -2.29. The minimum Gasteiger partial charge on any atom is -0.324 e. The van der Waals surface area contributed by atoms with E-state index in [0.29, 0.717) is 28.7 Å². The van der Waals surface area contributed by atoms with Crippen LogP contribution < -0.4 is 5.32 Å². The lowest BCUT2D eigenvalue weighted by Gasteiger charge is -2.16. The molecule has 0 saturated heterocycles. The molecule has 0 spiro atoms. The van der Waals surface area contributed by atoms with E-state index in [1.54, 1.807) is 30.3 Å². The number of nitrogens with one attached hydrogen (secondary N) is 1. The Hall–Kier alpha value is -3.46. The van der Waals surface area contributed by atoms with Gasteiger partial charge in [-0.25, -0.2) is 9.37 Å². The van der Waals surface area contributed by atoms with E-state index >= 15 is 0 Å². The summed E-state index contributed by atoms with van der Waals surface area (Å²) in [6.45, 7) is 0.184. The zero-order valence-corrected chi connectivity index (χ0v) is 17.7. The number of hydrogen-bond donors (Lipinski definition) is 1. The first-order chi connectivity index (χ1) is 15.7. The van der Waals surface area contributed by atoms with Gasteiger partial charge in [-0.3, -0.25) is 9.80 Å². The molecule has 2 heterocycles. The molecule has 1 N–H and O–H groups in total. The van der Waals surface area contributed by atoms with E-state index in [0.717, 1.165) is 12.1 Å². The number of hydrogen-bond acceptors (Lipinski definition) is 4. The van der Waals surface area contributed by atoms with Crippen molar-refractivity contribution in [3.8, 4) is 0 Å². The molecule has 0 fully saturated rings. The SMILES string of the molecule is O=C(CN1CC(c2cccc(Cl)n2)C(c2ccc(F)cc2)=N1)Nc1ccc(C(F)(F)F)cc1. The van der Waals surface area contributed by atoms with Crippen LogP contribution in [-0.4, -0.2) is 34.7 Å². The third kappa shape index (κ3) is 5.48. The van der Waals surface area contributed by atoms with Gasteiger partial charge in [0.05, 0.1) is 29.4 Å². The normalized spacial score (nSPS) is 16.0. The zero-order valence-electron chi connectivity index (χ0n) is 17.0. The number of aromatic nitrogens is 1. The monoisotopic (exact) mass is 476 g/mol. The molecule has 0 saturated carbocycles. The summed E-state index contributed by atoms with van der Waals surface area (Å²) >= 11 is 6.04. The van der Waals surface area contributed by atoms with Crippen molar-refractivity contribution in [2.45, 2.75) is 12.1 Å². The third-order valence-corrected chi connectivity index (χ3v) is 5.24. The van der Waals surface area contributed by atoms with Crippen molar-refractivity contribution in [1.82, 2.24) is 9.99 Å². The van der Waals surface area contributed by atoms with Crippen LogP contribution in [0.15, 0.2) is 71.8 Å². The highest BCUT2D eigenvalue weighted by atomic mass is 35.5. The number of carbonyl (C=O) groups is 1. The highest BCUT2D eigenvalue weighted by molar-refractivity contribution is 6.29. The summed E-state index contributed by atoms with van der Waals surface area (Å²) in [5.74, 6) is -1.15. The lowest BCUT2D eigenvalue weighted by molar-refractivity contribution is -0.137. The van der Waals surface area contributed by atoms with Gasteiger partial charge in [-0.2, -0.15) is 18.3 Å². The summed E-state index contributed by atoms with van der Waals surface area (Å²) < 4.78 is 51.5. The van der Waals surface area contributed by atoms with Gasteiger partial charge in [0.1, 0.15) is 17.5 Å². The molecule has 0 bridgehead atoms. The quantitative estimate of drug-likeness (QED) is 0.400. The van der Waals surface area contributed by atoms with Gasteiger partial charge in [0, 0.05) is 5.69 Å². The minimum atomic E-state index is -4.45. The fourth-order valence-corrected chi connectivity index (χ4v) is 3.67. The summed E-state index contributed by atoms with van der Waals surface area (Å²) in [5.41, 5.74) is 1.37. The molecule has 1 unspecified atom stereocenters. The predicted molar refractivity (Wildman–Crippen MR) is 117 cm³/mol. The Morgan fingerprint density at radius 3 is 2.39 bits per heavy atom. The molecular formula is C23H17ClF4N4O. The van der Waals surface area contributed by atoms with Crippen LogP contribution in [0.3, 0.4) is 0 Å². The Kier molecular flexibility index (Phi) is 6.33.